The Hall–Kier alpha value is -2.10. The Morgan fingerprint density at radius 2 is 1.07 bits per heavy atom. The van der Waals surface area contributed by atoms with Crippen LogP contribution in [0.3, 0.4) is 0 Å². The van der Waals surface area contributed by atoms with E-state index in [9.17, 15) is 0 Å². The molecule has 0 N–H and O–H groups in total. The predicted molar refractivity (Wildman–Crippen MR) is 124 cm³/mol. The van der Waals surface area contributed by atoms with E-state index in [-0.39, 0.29) is 10.8 Å². The third-order valence-electron chi connectivity index (χ3n) is 5.35. The van der Waals surface area contributed by atoms with Gasteiger partial charge in [-0.1, -0.05) is 76.9 Å². The highest BCUT2D eigenvalue weighted by Crippen LogP contribution is 2.37. The van der Waals surface area contributed by atoms with Crippen molar-refractivity contribution in [2.45, 2.75) is 52.4 Å². The Morgan fingerprint density at radius 3 is 1.45 bits per heavy atom. The number of nitrogens with zero attached hydrogens (tertiary/aromatic N) is 3. The van der Waals surface area contributed by atoms with Gasteiger partial charge in [-0.25, -0.2) is 9.97 Å². The van der Waals surface area contributed by atoms with Crippen molar-refractivity contribution in [1.82, 2.24) is 14.5 Å². The van der Waals surface area contributed by atoms with Gasteiger partial charge in [0.2, 0.25) is 5.95 Å². The Bertz CT molecular complexity index is 1150. The Balaban J connectivity index is 2.14. The molecule has 0 aliphatic carbocycles. The molecule has 150 valence electrons. The minimum atomic E-state index is 0.0557. The van der Waals surface area contributed by atoms with E-state index in [1.54, 1.807) is 6.07 Å². The second kappa shape index (κ2) is 6.72. The van der Waals surface area contributed by atoms with Crippen LogP contribution in [0.2, 0.25) is 10.3 Å². The molecule has 5 heteroatoms. The molecule has 0 saturated heterocycles. The van der Waals surface area contributed by atoms with Crippen LogP contribution >= 0.6 is 23.2 Å². The second-order valence-electron chi connectivity index (χ2n) is 9.61. The first-order chi connectivity index (χ1) is 13.4. The fraction of sp³-hybridized carbons (Fsp3) is 0.333. The summed E-state index contributed by atoms with van der Waals surface area (Å²) in [5.74, 6) is 0.481. The molecule has 0 bridgehead atoms. The van der Waals surface area contributed by atoms with Crippen LogP contribution in [0.1, 0.15) is 52.7 Å². The Labute approximate surface area is 181 Å². The van der Waals surface area contributed by atoms with Crippen molar-refractivity contribution in [3.8, 4) is 5.95 Å². The molecule has 0 aliphatic rings. The molecule has 29 heavy (non-hydrogen) atoms. The lowest BCUT2D eigenvalue weighted by molar-refractivity contribution is 0.590. The zero-order valence-corrected chi connectivity index (χ0v) is 19.2. The number of aromatic nitrogens is 3. The molecule has 2 aromatic heterocycles. The maximum Gasteiger partial charge on any atom is 0.237 e. The van der Waals surface area contributed by atoms with E-state index in [0.717, 1.165) is 11.0 Å². The first-order valence-electron chi connectivity index (χ1n) is 9.75. The van der Waals surface area contributed by atoms with Crippen molar-refractivity contribution < 1.29 is 0 Å². The minimum absolute atomic E-state index is 0.0557. The van der Waals surface area contributed by atoms with Crippen molar-refractivity contribution in [3.63, 3.8) is 0 Å². The quantitative estimate of drug-likeness (QED) is 0.296. The van der Waals surface area contributed by atoms with Crippen LogP contribution in [0, 0.1) is 0 Å². The Kier molecular flexibility index (Phi) is 4.67. The van der Waals surface area contributed by atoms with Crippen LogP contribution < -0.4 is 0 Å². The summed E-state index contributed by atoms with van der Waals surface area (Å²) in [5, 5.41) is 3.01. The molecule has 0 fully saturated rings. The first kappa shape index (κ1) is 20.2. The minimum Gasteiger partial charge on any atom is -0.278 e. The maximum atomic E-state index is 6.19. The molecule has 2 heterocycles. The lowest BCUT2D eigenvalue weighted by Gasteiger charge is -2.19. The highest BCUT2D eigenvalue weighted by Gasteiger charge is 2.21. The van der Waals surface area contributed by atoms with Gasteiger partial charge in [0.15, 0.2) is 0 Å². The van der Waals surface area contributed by atoms with Gasteiger partial charge < -0.3 is 0 Å². The molecule has 0 saturated carbocycles. The molecular weight excluding hydrogens is 401 g/mol. The third kappa shape index (κ3) is 3.62. The predicted octanol–water partition coefficient (Wildman–Crippen LogP) is 7.48. The summed E-state index contributed by atoms with van der Waals surface area (Å²) >= 11 is 12.4. The van der Waals surface area contributed by atoms with Crippen LogP contribution in [0.15, 0.2) is 42.5 Å². The van der Waals surface area contributed by atoms with Gasteiger partial charge in [0, 0.05) is 16.8 Å². The van der Waals surface area contributed by atoms with Crippen molar-refractivity contribution in [2.24, 2.45) is 0 Å². The van der Waals surface area contributed by atoms with Gasteiger partial charge >= 0.3 is 0 Å². The third-order valence-corrected chi connectivity index (χ3v) is 5.74. The van der Waals surface area contributed by atoms with E-state index < -0.39 is 0 Å². The number of rotatable bonds is 1. The van der Waals surface area contributed by atoms with Gasteiger partial charge in [0.25, 0.3) is 0 Å². The first-order valence-corrected chi connectivity index (χ1v) is 10.5. The van der Waals surface area contributed by atoms with E-state index in [2.05, 4.69) is 87.9 Å². The molecule has 2 aromatic carbocycles. The molecule has 0 spiro atoms. The molecule has 0 radical (unpaired) electrons. The number of halogens is 2. The smallest absolute Gasteiger partial charge is 0.237 e. The summed E-state index contributed by atoms with van der Waals surface area (Å²) in [7, 11) is 0. The topological polar surface area (TPSA) is 30.7 Å². The fourth-order valence-electron chi connectivity index (χ4n) is 3.65. The fourth-order valence-corrected chi connectivity index (χ4v) is 4.06. The normalized spacial score (nSPS) is 12.8. The van der Waals surface area contributed by atoms with E-state index >= 15 is 0 Å². The molecule has 0 unspecified atom stereocenters. The van der Waals surface area contributed by atoms with E-state index in [0.29, 0.717) is 16.3 Å². The van der Waals surface area contributed by atoms with Crippen LogP contribution in [0.5, 0.6) is 0 Å². The molecule has 4 rings (SSSR count). The standard InChI is InChI=1S/C24H25Cl2N3/c1-23(2,3)14-7-9-18-16(11-14)17-12-15(24(4,5)6)8-10-19(17)29(18)22-27-20(25)13-21(26)28-22/h7-13H,1-6H3. The van der Waals surface area contributed by atoms with Crippen molar-refractivity contribution in [2.75, 3.05) is 0 Å². The molecule has 4 aromatic rings. The van der Waals surface area contributed by atoms with Gasteiger partial charge in [0.1, 0.15) is 10.3 Å². The summed E-state index contributed by atoms with van der Waals surface area (Å²) in [5.41, 5.74) is 4.76. The summed E-state index contributed by atoms with van der Waals surface area (Å²) in [6.45, 7) is 13.4. The number of hydrogen-bond acceptors (Lipinski definition) is 2. The van der Waals surface area contributed by atoms with Gasteiger partial charge in [-0.3, -0.25) is 4.57 Å². The molecule has 0 atom stereocenters. The van der Waals surface area contributed by atoms with Crippen LogP contribution in [-0.2, 0) is 10.8 Å². The number of fused-ring (bicyclic) bond motifs is 3. The van der Waals surface area contributed by atoms with E-state index in [1.807, 2.05) is 4.57 Å². The summed E-state index contributed by atoms with van der Waals surface area (Å²) < 4.78 is 2.04. The average Bonchev–Trinajstić information content (AvgIpc) is 2.92. The largest absolute Gasteiger partial charge is 0.278 e. The van der Waals surface area contributed by atoms with Crippen LogP contribution in [0.4, 0.5) is 0 Å². The second-order valence-corrected chi connectivity index (χ2v) is 10.4. The molecule has 0 amide bonds. The van der Waals surface area contributed by atoms with Crippen LogP contribution in [-0.4, -0.2) is 14.5 Å². The van der Waals surface area contributed by atoms with Gasteiger partial charge in [-0.2, -0.15) is 0 Å². The van der Waals surface area contributed by atoms with E-state index in [1.165, 1.54) is 21.9 Å². The SMILES string of the molecule is CC(C)(C)c1ccc2c(c1)c1cc(C(C)(C)C)ccc1n2-c1nc(Cl)cc(Cl)n1. The molecule has 3 nitrogen and oxygen atoms in total. The summed E-state index contributed by atoms with van der Waals surface area (Å²) in [6.07, 6.45) is 0. The van der Waals surface area contributed by atoms with Gasteiger partial charge in [-0.15, -0.1) is 0 Å². The van der Waals surface area contributed by atoms with Gasteiger partial charge in [0.05, 0.1) is 11.0 Å². The highest BCUT2D eigenvalue weighted by molar-refractivity contribution is 6.33. The van der Waals surface area contributed by atoms with Crippen molar-refractivity contribution in [1.29, 1.82) is 0 Å². The number of hydrogen-bond donors (Lipinski definition) is 0. The molecular formula is C24H25Cl2N3. The Morgan fingerprint density at radius 1 is 0.655 bits per heavy atom. The number of benzene rings is 2. The summed E-state index contributed by atoms with van der Waals surface area (Å²) in [4.78, 5) is 8.90. The van der Waals surface area contributed by atoms with Crippen LogP contribution in [0.25, 0.3) is 27.8 Å². The highest BCUT2D eigenvalue weighted by atomic mass is 35.5. The lowest BCUT2D eigenvalue weighted by Crippen LogP contribution is -2.10. The monoisotopic (exact) mass is 425 g/mol. The summed E-state index contributed by atoms with van der Waals surface area (Å²) in [6, 6.07) is 14.8. The lowest BCUT2D eigenvalue weighted by atomic mass is 9.85. The van der Waals surface area contributed by atoms with E-state index in [4.69, 9.17) is 23.2 Å². The van der Waals surface area contributed by atoms with Crippen molar-refractivity contribution in [3.05, 3.63) is 63.9 Å². The zero-order valence-electron chi connectivity index (χ0n) is 17.6. The van der Waals surface area contributed by atoms with Crippen molar-refractivity contribution >= 4 is 45.0 Å². The maximum absolute atomic E-state index is 6.19. The average molecular weight is 426 g/mol. The van der Waals surface area contributed by atoms with Gasteiger partial charge in [-0.05, 0) is 46.2 Å². The zero-order chi connectivity index (χ0) is 21.1. The molecule has 0 aliphatic heterocycles.